The first-order valence-electron chi connectivity index (χ1n) is 6.89. The van der Waals surface area contributed by atoms with Gasteiger partial charge in [-0.05, 0) is 37.1 Å². The number of hydrogen-bond donors (Lipinski definition) is 1. The van der Waals surface area contributed by atoms with E-state index in [1.807, 2.05) is 24.1 Å². The summed E-state index contributed by atoms with van der Waals surface area (Å²) in [5, 5.41) is 3.34. The van der Waals surface area contributed by atoms with Crippen molar-refractivity contribution >= 4 is 5.69 Å². The molecule has 0 bridgehead atoms. The molecule has 2 nitrogen and oxygen atoms in total. The molecule has 0 amide bonds. The summed E-state index contributed by atoms with van der Waals surface area (Å²) < 4.78 is 13.8. The van der Waals surface area contributed by atoms with Gasteiger partial charge in [0.25, 0.3) is 0 Å². The number of anilines is 1. The van der Waals surface area contributed by atoms with Gasteiger partial charge < -0.3 is 10.2 Å². The Balaban J connectivity index is 2.67. The highest BCUT2D eigenvalue weighted by molar-refractivity contribution is 5.49. The molecule has 0 atom stereocenters. The van der Waals surface area contributed by atoms with Crippen molar-refractivity contribution in [1.29, 1.82) is 0 Å². The minimum Gasteiger partial charge on any atom is -0.372 e. The number of benzene rings is 1. The van der Waals surface area contributed by atoms with E-state index in [1.165, 1.54) is 0 Å². The highest BCUT2D eigenvalue weighted by atomic mass is 19.1. The van der Waals surface area contributed by atoms with Gasteiger partial charge in [-0.2, -0.15) is 0 Å². The summed E-state index contributed by atoms with van der Waals surface area (Å²) in [5.74, 6) is -0.132. The van der Waals surface area contributed by atoms with Gasteiger partial charge in [0.1, 0.15) is 5.82 Å². The smallest absolute Gasteiger partial charge is 0.146 e. The van der Waals surface area contributed by atoms with E-state index in [2.05, 4.69) is 19.2 Å². The molecule has 0 fully saturated rings. The highest BCUT2D eigenvalue weighted by Crippen LogP contribution is 2.20. The summed E-state index contributed by atoms with van der Waals surface area (Å²) in [4.78, 5) is 2.00. The van der Waals surface area contributed by atoms with Crippen molar-refractivity contribution < 1.29 is 4.39 Å². The van der Waals surface area contributed by atoms with E-state index in [4.69, 9.17) is 0 Å². The Hall–Kier alpha value is -1.09. The van der Waals surface area contributed by atoms with E-state index in [0.717, 1.165) is 44.5 Å². The predicted molar refractivity (Wildman–Crippen MR) is 76.6 cm³/mol. The second-order valence-corrected chi connectivity index (χ2v) is 4.74. The van der Waals surface area contributed by atoms with Crippen LogP contribution in [0.1, 0.15) is 38.7 Å². The fourth-order valence-corrected chi connectivity index (χ4v) is 1.89. The normalized spacial score (nSPS) is 10.7. The Morgan fingerprint density at radius 1 is 1.22 bits per heavy atom. The van der Waals surface area contributed by atoms with Gasteiger partial charge in [0.2, 0.25) is 0 Å². The Kier molecular flexibility index (Phi) is 6.73. The van der Waals surface area contributed by atoms with Crippen LogP contribution in [0.2, 0.25) is 0 Å². The van der Waals surface area contributed by atoms with Crippen molar-refractivity contribution in [2.24, 2.45) is 0 Å². The Bertz CT molecular complexity index is 352. The lowest BCUT2D eigenvalue weighted by Gasteiger charge is -2.20. The SMILES string of the molecule is CCCCN(C)c1cc(CNCCC)ccc1F. The zero-order valence-corrected chi connectivity index (χ0v) is 11.8. The largest absolute Gasteiger partial charge is 0.372 e. The molecule has 0 aliphatic heterocycles. The zero-order chi connectivity index (χ0) is 13.4. The van der Waals surface area contributed by atoms with E-state index in [-0.39, 0.29) is 5.82 Å². The van der Waals surface area contributed by atoms with Crippen LogP contribution in [0.15, 0.2) is 18.2 Å². The molecule has 18 heavy (non-hydrogen) atoms. The van der Waals surface area contributed by atoms with Gasteiger partial charge >= 0.3 is 0 Å². The number of unbranched alkanes of at least 4 members (excludes halogenated alkanes) is 1. The highest BCUT2D eigenvalue weighted by Gasteiger charge is 2.08. The lowest BCUT2D eigenvalue weighted by atomic mass is 10.1. The minimum atomic E-state index is -0.132. The van der Waals surface area contributed by atoms with Crippen molar-refractivity contribution in [2.75, 3.05) is 25.0 Å². The third kappa shape index (κ3) is 4.65. The van der Waals surface area contributed by atoms with Crippen LogP contribution in [0.3, 0.4) is 0 Å². The Morgan fingerprint density at radius 2 is 2.00 bits per heavy atom. The van der Waals surface area contributed by atoms with Crippen LogP contribution in [0.4, 0.5) is 10.1 Å². The number of hydrogen-bond acceptors (Lipinski definition) is 2. The lowest BCUT2D eigenvalue weighted by Crippen LogP contribution is -2.20. The van der Waals surface area contributed by atoms with E-state index >= 15 is 0 Å². The summed E-state index contributed by atoms with van der Waals surface area (Å²) in [7, 11) is 1.96. The summed E-state index contributed by atoms with van der Waals surface area (Å²) >= 11 is 0. The Morgan fingerprint density at radius 3 is 2.67 bits per heavy atom. The van der Waals surface area contributed by atoms with Crippen LogP contribution < -0.4 is 10.2 Å². The molecule has 0 aromatic heterocycles. The zero-order valence-electron chi connectivity index (χ0n) is 11.8. The lowest BCUT2D eigenvalue weighted by molar-refractivity contribution is 0.616. The second kappa shape index (κ2) is 8.09. The maximum atomic E-state index is 13.8. The molecule has 3 heteroatoms. The van der Waals surface area contributed by atoms with Crippen molar-refractivity contribution in [3.8, 4) is 0 Å². The topological polar surface area (TPSA) is 15.3 Å². The van der Waals surface area contributed by atoms with Crippen molar-refractivity contribution in [3.63, 3.8) is 0 Å². The molecule has 1 N–H and O–H groups in total. The van der Waals surface area contributed by atoms with Gasteiger partial charge in [-0.3, -0.25) is 0 Å². The molecule has 0 saturated carbocycles. The summed E-state index contributed by atoms with van der Waals surface area (Å²) in [6, 6.07) is 5.38. The Labute approximate surface area is 110 Å². The molecule has 0 saturated heterocycles. The second-order valence-electron chi connectivity index (χ2n) is 4.74. The molecular formula is C15H25FN2. The van der Waals surface area contributed by atoms with Crippen LogP contribution >= 0.6 is 0 Å². The quantitative estimate of drug-likeness (QED) is 0.712. The third-order valence-electron chi connectivity index (χ3n) is 3.02. The molecule has 0 spiro atoms. The van der Waals surface area contributed by atoms with E-state index in [9.17, 15) is 4.39 Å². The van der Waals surface area contributed by atoms with Gasteiger partial charge in [0.15, 0.2) is 0 Å². The molecule has 1 aromatic carbocycles. The molecule has 0 radical (unpaired) electrons. The molecular weight excluding hydrogens is 227 g/mol. The van der Waals surface area contributed by atoms with Crippen LogP contribution in [0.5, 0.6) is 0 Å². The monoisotopic (exact) mass is 252 g/mol. The maximum absolute atomic E-state index is 13.8. The molecule has 0 heterocycles. The molecule has 0 aliphatic rings. The van der Waals surface area contributed by atoms with Crippen LogP contribution in [-0.4, -0.2) is 20.1 Å². The first-order chi connectivity index (χ1) is 8.69. The van der Waals surface area contributed by atoms with Crippen molar-refractivity contribution in [2.45, 2.75) is 39.7 Å². The average molecular weight is 252 g/mol. The predicted octanol–water partition coefficient (Wildman–Crippen LogP) is 3.56. The summed E-state index contributed by atoms with van der Waals surface area (Å²) in [6.07, 6.45) is 3.34. The van der Waals surface area contributed by atoms with Crippen LogP contribution in [0, 0.1) is 5.82 Å². The van der Waals surface area contributed by atoms with Gasteiger partial charge in [0.05, 0.1) is 5.69 Å². The van der Waals surface area contributed by atoms with Crippen LogP contribution in [-0.2, 0) is 6.54 Å². The number of nitrogens with zero attached hydrogens (tertiary/aromatic N) is 1. The van der Waals surface area contributed by atoms with E-state index < -0.39 is 0 Å². The summed E-state index contributed by atoms with van der Waals surface area (Å²) in [5.41, 5.74) is 1.85. The molecule has 102 valence electrons. The van der Waals surface area contributed by atoms with E-state index in [0.29, 0.717) is 5.69 Å². The fourth-order valence-electron chi connectivity index (χ4n) is 1.89. The van der Waals surface area contributed by atoms with E-state index in [1.54, 1.807) is 6.07 Å². The van der Waals surface area contributed by atoms with Gasteiger partial charge in [-0.25, -0.2) is 4.39 Å². The van der Waals surface area contributed by atoms with Gasteiger partial charge in [-0.15, -0.1) is 0 Å². The summed E-state index contributed by atoms with van der Waals surface area (Å²) in [6.45, 7) is 7.00. The first kappa shape index (κ1) is 15.0. The molecule has 1 aromatic rings. The van der Waals surface area contributed by atoms with Crippen molar-refractivity contribution in [1.82, 2.24) is 5.32 Å². The third-order valence-corrected chi connectivity index (χ3v) is 3.02. The minimum absolute atomic E-state index is 0.132. The van der Waals surface area contributed by atoms with Gasteiger partial charge in [-0.1, -0.05) is 26.3 Å². The van der Waals surface area contributed by atoms with Crippen LogP contribution in [0.25, 0.3) is 0 Å². The maximum Gasteiger partial charge on any atom is 0.146 e. The molecule has 1 rings (SSSR count). The first-order valence-corrected chi connectivity index (χ1v) is 6.89. The number of nitrogens with one attached hydrogen (secondary N) is 1. The molecule has 0 unspecified atom stereocenters. The molecule has 0 aliphatic carbocycles. The standard InChI is InChI=1S/C15H25FN2/c1-4-6-10-18(3)15-11-13(7-8-14(15)16)12-17-9-5-2/h7-8,11,17H,4-6,9-10,12H2,1-3H3. The fraction of sp³-hybridized carbons (Fsp3) is 0.600. The number of halogens is 1. The average Bonchev–Trinajstić information content (AvgIpc) is 2.38. The van der Waals surface area contributed by atoms with Gasteiger partial charge in [0, 0.05) is 20.1 Å². The van der Waals surface area contributed by atoms with Crippen molar-refractivity contribution in [3.05, 3.63) is 29.6 Å². The number of rotatable bonds is 8.